The van der Waals surface area contributed by atoms with Crippen molar-refractivity contribution in [1.29, 1.82) is 0 Å². The first-order chi connectivity index (χ1) is 8.75. The topological polar surface area (TPSA) is 64.3 Å². The van der Waals surface area contributed by atoms with Gasteiger partial charge in [0.1, 0.15) is 5.60 Å². The summed E-state index contributed by atoms with van der Waals surface area (Å²) in [6.45, 7) is 10.4. The van der Waals surface area contributed by atoms with Crippen LogP contribution in [-0.4, -0.2) is 30.2 Å². The number of carbonyl (C=O) groups excluding carboxylic acids is 1. The SMILES string of the molecule is CC(C)(C)OC(=O)NC(C(C)(C)C)C1(CN)CC1(F)F. The molecule has 3 N–H and O–H groups in total. The van der Waals surface area contributed by atoms with Crippen molar-refractivity contribution in [3.05, 3.63) is 0 Å². The Morgan fingerprint density at radius 3 is 2.00 bits per heavy atom. The molecule has 2 unspecified atom stereocenters. The maximum atomic E-state index is 13.7. The Bertz CT molecular complexity index is 386. The highest BCUT2D eigenvalue weighted by molar-refractivity contribution is 5.68. The van der Waals surface area contributed by atoms with Gasteiger partial charge in [-0.15, -0.1) is 0 Å². The molecule has 1 aliphatic carbocycles. The van der Waals surface area contributed by atoms with Crippen LogP contribution < -0.4 is 11.1 Å². The lowest BCUT2D eigenvalue weighted by Gasteiger charge is -2.38. The minimum absolute atomic E-state index is 0.169. The molecule has 20 heavy (non-hydrogen) atoms. The Balaban J connectivity index is 2.92. The number of amides is 1. The summed E-state index contributed by atoms with van der Waals surface area (Å²) in [5.74, 6) is -2.84. The van der Waals surface area contributed by atoms with Crippen LogP contribution in [0.25, 0.3) is 0 Å². The number of hydrogen-bond acceptors (Lipinski definition) is 3. The van der Waals surface area contributed by atoms with Crippen LogP contribution in [0.15, 0.2) is 0 Å². The molecule has 1 amide bonds. The van der Waals surface area contributed by atoms with Crippen LogP contribution in [0.4, 0.5) is 13.6 Å². The number of alkyl carbamates (subject to hydrolysis) is 1. The van der Waals surface area contributed by atoms with Crippen molar-refractivity contribution >= 4 is 6.09 Å². The zero-order chi connectivity index (χ0) is 16.0. The molecule has 0 bridgehead atoms. The number of hydrogen-bond donors (Lipinski definition) is 2. The van der Waals surface area contributed by atoms with E-state index in [-0.39, 0.29) is 13.0 Å². The molecule has 118 valence electrons. The molecule has 4 nitrogen and oxygen atoms in total. The third-order valence-electron chi connectivity index (χ3n) is 3.58. The third-order valence-corrected chi connectivity index (χ3v) is 3.58. The van der Waals surface area contributed by atoms with E-state index in [2.05, 4.69) is 5.32 Å². The van der Waals surface area contributed by atoms with Crippen molar-refractivity contribution in [2.45, 2.75) is 65.5 Å². The second-order valence-corrected chi connectivity index (χ2v) is 7.69. The Morgan fingerprint density at radius 2 is 1.75 bits per heavy atom. The molecular formula is C14H26F2N2O2. The Hall–Kier alpha value is -0.910. The van der Waals surface area contributed by atoms with Crippen molar-refractivity contribution in [3.63, 3.8) is 0 Å². The van der Waals surface area contributed by atoms with Crippen molar-refractivity contribution in [3.8, 4) is 0 Å². The van der Waals surface area contributed by atoms with Gasteiger partial charge in [0.2, 0.25) is 0 Å². The lowest BCUT2D eigenvalue weighted by Crippen LogP contribution is -2.54. The Kier molecular flexibility index (Phi) is 4.14. The number of nitrogens with two attached hydrogens (primary N) is 1. The van der Waals surface area contributed by atoms with Crippen LogP contribution >= 0.6 is 0 Å². The van der Waals surface area contributed by atoms with E-state index in [1.165, 1.54) is 0 Å². The fourth-order valence-corrected chi connectivity index (χ4v) is 2.61. The number of carbonyl (C=O) groups is 1. The van der Waals surface area contributed by atoms with Gasteiger partial charge in [-0.1, -0.05) is 20.8 Å². The number of halogens is 2. The molecule has 0 radical (unpaired) electrons. The molecule has 2 atom stereocenters. The van der Waals surface area contributed by atoms with Gasteiger partial charge >= 0.3 is 6.09 Å². The second kappa shape index (κ2) is 4.83. The first-order valence-electron chi connectivity index (χ1n) is 6.83. The summed E-state index contributed by atoms with van der Waals surface area (Å²) in [5.41, 5.74) is 2.98. The number of rotatable bonds is 3. The van der Waals surface area contributed by atoms with Gasteiger partial charge in [-0.2, -0.15) is 0 Å². The van der Waals surface area contributed by atoms with Gasteiger partial charge in [-0.3, -0.25) is 0 Å². The maximum Gasteiger partial charge on any atom is 0.407 e. The quantitative estimate of drug-likeness (QED) is 0.840. The fraction of sp³-hybridized carbons (Fsp3) is 0.929. The lowest BCUT2D eigenvalue weighted by molar-refractivity contribution is 0.0135. The van der Waals surface area contributed by atoms with E-state index in [9.17, 15) is 13.6 Å². The molecule has 0 saturated heterocycles. The van der Waals surface area contributed by atoms with E-state index in [0.29, 0.717) is 0 Å². The number of alkyl halides is 2. The average Bonchev–Trinajstić information content (AvgIpc) is 2.74. The van der Waals surface area contributed by atoms with Gasteiger partial charge in [0.05, 0.1) is 5.41 Å². The van der Waals surface area contributed by atoms with E-state index in [1.54, 1.807) is 41.5 Å². The van der Waals surface area contributed by atoms with Crippen molar-refractivity contribution in [1.82, 2.24) is 5.32 Å². The standard InChI is InChI=1S/C14H26F2N2O2/c1-11(2,3)9(13(8-17)7-14(13,15)16)18-10(19)20-12(4,5)6/h9H,7-8,17H2,1-6H3,(H,18,19). The van der Waals surface area contributed by atoms with Gasteiger partial charge < -0.3 is 15.8 Å². The van der Waals surface area contributed by atoms with Gasteiger partial charge in [0.15, 0.2) is 0 Å². The van der Waals surface area contributed by atoms with Crippen LogP contribution in [0, 0.1) is 10.8 Å². The van der Waals surface area contributed by atoms with Crippen LogP contribution in [0.2, 0.25) is 0 Å². The normalized spacial score (nSPS) is 26.9. The Labute approximate surface area is 119 Å². The van der Waals surface area contributed by atoms with Crippen LogP contribution in [0.5, 0.6) is 0 Å². The van der Waals surface area contributed by atoms with E-state index in [4.69, 9.17) is 10.5 Å². The summed E-state index contributed by atoms with van der Waals surface area (Å²) in [6, 6.07) is -0.746. The smallest absolute Gasteiger partial charge is 0.407 e. The minimum atomic E-state index is -2.84. The first kappa shape index (κ1) is 17.1. The summed E-state index contributed by atoms with van der Waals surface area (Å²) in [6.07, 6.45) is -0.984. The molecule has 0 heterocycles. The monoisotopic (exact) mass is 292 g/mol. The highest BCUT2D eigenvalue weighted by Gasteiger charge is 2.75. The number of nitrogens with one attached hydrogen (secondary N) is 1. The predicted octanol–water partition coefficient (Wildman–Crippen LogP) is 2.91. The molecule has 0 aromatic carbocycles. The highest BCUT2D eigenvalue weighted by Crippen LogP contribution is 2.64. The van der Waals surface area contributed by atoms with Crippen molar-refractivity contribution < 1.29 is 18.3 Å². The Morgan fingerprint density at radius 1 is 1.30 bits per heavy atom. The van der Waals surface area contributed by atoms with E-state index >= 15 is 0 Å². The van der Waals surface area contributed by atoms with Gasteiger partial charge in [-0.25, -0.2) is 13.6 Å². The van der Waals surface area contributed by atoms with E-state index < -0.39 is 34.5 Å². The van der Waals surface area contributed by atoms with Crippen LogP contribution in [0.3, 0.4) is 0 Å². The predicted molar refractivity (Wildman–Crippen MR) is 73.7 cm³/mol. The largest absolute Gasteiger partial charge is 0.444 e. The summed E-state index contributed by atoms with van der Waals surface area (Å²) in [7, 11) is 0. The summed E-state index contributed by atoms with van der Waals surface area (Å²) in [4.78, 5) is 11.9. The number of ether oxygens (including phenoxy) is 1. The third kappa shape index (κ3) is 3.40. The van der Waals surface area contributed by atoms with Crippen molar-refractivity contribution in [2.24, 2.45) is 16.6 Å². The molecule has 1 fully saturated rings. The molecule has 0 aromatic heterocycles. The second-order valence-electron chi connectivity index (χ2n) is 7.69. The van der Waals surface area contributed by atoms with E-state index in [0.717, 1.165) is 0 Å². The van der Waals surface area contributed by atoms with Crippen molar-refractivity contribution in [2.75, 3.05) is 6.54 Å². The minimum Gasteiger partial charge on any atom is -0.444 e. The molecule has 1 aliphatic rings. The van der Waals surface area contributed by atoms with Crippen LogP contribution in [0.1, 0.15) is 48.0 Å². The zero-order valence-corrected chi connectivity index (χ0v) is 13.1. The van der Waals surface area contributed by atoms with Gasteiger partial charge in [0, 0.05) is 19.0 Å². The summed E-state index contributed by atoms with van der Waals surface area (Å²) in [5, 5.41) is 2.60. The lowest BCUT2D eigenvalue weighted by atomic mass is 9.76. The highest BCUT2D eigenvalue weighted by atomic mass is 19.3. The first-order valence-corrected chi connectivity index (χ1v) is 6.83. The average molecular weight is 292 g/mol. The zero-order valence-electron chi connectivity index (χ0n) is 13.1. The molecule has 0 aromatic rings. The van der Waals surface area contributed by atoms with E-state index in [1.807, 2.05) is 0 Å². The molecule has 0 aliphatic heterocycles. The molecule has 0 spiro atoms. The molecule has 1 rings (SSSR count). The van der Waals surface area contributed by atoms with Gasteiger partial charge in [-0.05, 0) is 26.2 Å². The molecular weight excluding hydrogens is 266 g/mol. The molecule has 1 saturated carbocycles. The fourth-order valence-electron chi connectivity index (χ4n) is 2.61. The summed E-state index contributed by atoms with van der Waals surface area (Å²) >= 11 is 0. The van der Waals surface area contributed by atoms with Crippen LogP contribution in [-0.2, 0) is 4.74 Å². The maximum absolute atomic E-state index is 13.7. The summed E-state index contributed by atoms with van der Waals surface area (Å²) < 4.78 is 32.7. The van der Waals surface area contributed by atoms with Gasteiger partial charge in [0.25, 0.3) is 5.92 Å². The molecule has 6 heteroatoms.